The number of aliphatic hydroxyl groups is 1. The van der Waals surface area contributed by atoms with Crippen LogP contribution in [0, 0.1) is 0 Å². The Morgan fingerprint density at radius 3 is 1.52 bits per heavy atom. The van der Waals surface area contributed by atoms with Gasteiger partial charge in [0.15, 0.2) is 0 Å². The molecule has 7 nitrogen and oxygen atoms in total. The van der Waals surface area contributed by atoms with Crippen LogP contribution >= 0.6 is 0 Å². The average molecular weight is 317 g/mol. The summed E-state index contributed by atoms with van der Waals surface area (Å²) in [7, 11) is 0. The van der Waals surface area contributed by atoms with Crippen molar-refractivity contribution in [3.63, 3.8) is 0 Å². The third-order valence-electron chi connectivity index (χ3n) is 3.09. The van der Waals surface area contributed by atoms with Crippen LogP contribution in [-0.2, 0) is 0 Å². The molecule has 0 aromatic heterocycles. The maximum absolute atomic E-state index is 11.6. The molecule has 2 aromatic rings. The van der Waals surface area contributed by atoms with Crippen molar-refractivity contribution in [1.29, 1.82) is 0 Å². The van der Waals surface area contributed by atoms with Crippen molar-refractivity contribution >= 4 is 11.8 Å². The fourth-order valence-electron chi connectivity index (χ4n) is 2.12. The van der Waals surface area contributed by atoms with Gasteiger partial charge in [-0.1, -0.05) is 12.1 Å². The molecule has 0 bridgehead atoms. The number of imide groups is 1. The zero-order valence-electron chi connectivity index (χ0n) is 12.0. The number of amides is 2. The van der Waals surface area contributed by atoms with Crippen LogP contribution in [0.25, 0.3) is 0 Å². The Morgan fingerprint density at radius 1 is 0.783 bits per heavy atom. The molecule has 1 heterocycles. The van der Waals surface area contributed by atoms with Gasteiger partial charge in [0.05, 0.1) is 24.3 Å². The number of β-amino-alcohol motifs (C(OH)–C–C–N with tert-alkyl or cyclic N) is 1. The number of carbonyl (C=O) groups excluding carboxylic acids is 2. The van der Waals surface area contributed by atoms with Gasteiger partial charge in [-0.15, -0.1) is 0 Å². The number of rotatable bonds is 2. The smallest absolute Gasteiger partial charge is 0.261 e. The summed E-state index contributed by atoms with van der Waals surface area (Å²) in [6, 6.07) is 10.1. The van der Waals surface area contributed by atoms with Gasteiger partial charge in [-0.3, -0.25) is 14.5 Å². The van der Waals surface area contributed by atoms with E-state index in [2.05, 4.69) is 0 Å². The van der Waals surface area contributed by atoms with Crippen LogP contribution in [0.2, 0.25) is 0 Å². The van der Waals surface area contributed by atoms with Crippen molar-refractivity contribution in [2.24, 2.45) is 0 Å². The first-order chi connectivity index (χ1) is 10.9. The lowest BCUT2D eigenvalue weighted by atomic mass is 10.1. The number of hydrogen-bond acceptors (Lipinski definition) is 6. The molecular weight excluding hydrogens is 302 g/mol. The fraction of sp³-hybridized carbons (Fsp3) is 0.125. The van der Waals surface area contributed by atoms with Gasteiger partial charge in [-0.25, -0.2) is 0 Å². The van der Waals surface area contributed by atoms with Crippen LogP contribution in [0.5, 0.6) is 17.2 Å². The van der Waals surface area contributed by atoms with E-state index < -0.39 is 0 Å². The molecule has 0 saturated carbocycles. The van der Waals surface area contributed by atoms with Gasteiger partial charge < -0.3 is 20.4 Å². The number of hydrogen-bond donors (Lipinski definition) is 4. The summed E-state index contributed by atoms with van der Waals surface area (Å²) >= 11 is 0. The summed E-state index contributed by atoms with van der Waals surface area (Å²) in [6.07, 6.45) is 0. The van der Waals surface area contributed by atoms with Gasteiger partial charge in [0, 0.05) is 18.2 Å². The predicted octanol–water partition coefficient (Wildman–Crippen LogP) is 1.08. The maximum atomic E-state index is 11.6. The Kier molecular flexibility index (Phi) is 4.82. The monoisotopic (exact) mass is 317 g/mol. The first kappa shape index (κ1) is 16.3. The molecule has 120 valence electrons. The van der Waals surface area contributed by atoms with E-state index in [9.17, 15) is 9.59 Å². The van der Waals surface area contributed by atoms with Crippen molar-refractivity contribution in [2.75, 3.05) is 13.2 Å². The molecular formula is C16H15NO6. The van der Waals surface area contributed by atoms with E-state index in [-0.39, 0.29) is 42.2 Å². The quantitative estimate of drug-likeness (QED) is 0.616. The number of nitrogens with zero attached hydrogens (tertiary/aromatic N) is 1. The van der Waals surface area contributed by atoms with Gasteiger partial charge in [0.2, 0.25) is 0 Å². The molecule has 7 heteroatoms. The fourth-order valence-corrected chi connectivity index (χ4v) is 2.12. The summed E-state index contributed by atoms with van der Waals surface area (Å²) < 4.78 is 0. The number of aliphatic hydroxyl groups excluding tert-OH is 1. The molecule has 1 aliphatic rings. The summed E-state index contributed by atoms with van der Waals surface area (Å²) in [6.45, 7) is -0.141. The van der Waals surface area contributed by atoms with E-state index in [0.29, 0.717) is 11.1 Å². The highest BCUT2D eigenvalue weighted by Crippen LogP contribution is 2.24. The summed E-state index contributed by atoms with van der Waals surface area (Å²) in [5, 5.41) is 34.7. The largest absolute Gasteiger partial charge is 0.508 e. The van der Waals surface area contributed by atoms with E-state index in [1.165, 1.54) is 0 Å². The van der Waals surface area contributed by atoms with Crippen LogP contribution < -0.4 is 0 Å². The second-order valence-corrected chi connectivity index (χ2v) is 4.74. The summed E-state index contributed by atoms with van der Waals surface area (Å²) in [4.78, 5) is 24.2. The second kappa shape index (κ2) is 6.80. The highest BCUT2D eigenvalue weighted by atomic mass is 16.3. The number of fused-ring (bicyclic) bond motifs is 1. The molecule has 0 fully saturated rings. The number of carbonyl (C=O) groups is 2. The molecule has 1 aliphatic heterocycles. The van der Waals surface area contributed by atoms with Crippen LogP contribution in [0.15, 0.2) is 42.5 Å². The van der Waals surface area contributed by atoms with Crippen molar-refractivity contribution in [1.82, 2.24) is 4.90 Å². The molecule has 0 saturated heterocycles. The predicted molar refractivity (Wildman–Crippen MR) is 80.3 cm³/mol. The molecule has 4 N–H and O–H groups in total. The van der Waals surface area contributed by atoms with Crippen LogP contribution in [0.3, 0.4) is 0 Å². The van der Waals surface area contributed by atoms with E-state index in [4.69, 9.17) is 20.4 Å². The zero-order chi connectivity index (χ0) is 17.0. The molecule has 0 radical (unpaired) electrons. The van der Waals surface area contributed by atoms with Crippen molar-refractivity contribution in [3.05, 3.63) is 53.6 Å². The first-order valence-electron chi connectivity index (χ1n) is 6.72. The van der Waals surface area contributed by atoms with E-state index in [1.807, 2.05) is 0 Å². The Bertz CT molecular complexity index is 658. The minimum atomic E-state index is -0.320. The van der Waals surface area contributed by atoms with E-state index in [1.54, 1.807) is 24.3 Å². The average Bonchev–Trinajstić information content (AvgIpc) is 2.73. The molecule has 23 heavy (non-hydrogen) atoms. The topological polar surface area (TPSA) is 118 Å². The Hall–Kier alpha value is -3.06. The minimum absolute atomic E-state index is 0.0619. The number of phenols is 3. The van der Waals surface area contributed by atoms with Crippen LogP contribution in [-0.4, -0.2) is 50.3 Å². The van der Waals surface area contributed by atoms with Gasteiger partial charge >= 0.3 is 0 Å². The van der Waals surface area contributed by atoms with Crippen molar-refractivity contribution < 1.29 is 30.0 Å². The lowest BCUT2D eigenvalue weighted by Gasteiger charge is -2.10. The Balaban J connectivity index is 0.000000185. The van der Waals surface area contributed by atoms with Crippen LogP contribution in [0.1, 0.15) is 20.7 Å². The van der Waals surface area contributed by atoms with Gasteiger partial charge in [0.25, 0.3) is 11.8 Å². The van der Waals surface area contributed by atoms with Gasteiger partial charge in [-0.2, -0.15) is 0 Å². The molecule has 2 aromatic carbocycles. The highest BCUT2D eigenvalue weighted by Gasteiger charge is 2.34. The Labute approximate surface area is 131 Å². The second-order valence-electron chi connectivity index (χ2n) is 4.74. The van der Waals surface area contributed by atoms with Crippen LogP contribution in [0.4, 0.5) is 0 Å². The molecule has 0 unspecified atom stereocenters. The molecule has 0 atom stereocenters. The lowest BCUT2D eigenvalue weighted by molar-refractivity contribution is 0.0624. The number of aromatic hydroxyl groups is 3. The molecule has 3 rings (SSSR count). The zero-order valence-corrected chi connectivity index (χ0v) is 12.0. The third-order valence-corrected chi connectivity index (χ3v) is 3.09. The molecule has 0 spiro atoms. The Morgan fingerprint density at radius 2 is 1.17 bits per heavy atom. The normalized spacial score (nSPS) is 12.7. The molecule has 2 amide bonds. The van der Waals surface area contributed by atoms with E-state index in [0.717, 1.165) is 23.1 Å². The van der Waals surface area contributed by atoms with Crippen molar-refractivity contribution in [3.8, 4) is 17.2 Å². The van der Waals surface area contributed by atoms with Gasteiger partial charge in [0.1, 0.15) is 17.2 Å². The lowest BCUT2D eigenvalue weighted by Crippen LogP contribution is -2.32. The molecule has 0 aliphatic carbocycles. The van der Waals surface area contributed by atoms with Crippen molar-refractivity contribution in [2.45, 2.75) is 0 Å². The minimum Gasteiger partial charge on any atom is -0.508 e. The number of phenolic OH excluding ortho intramolecular Hbond substituents is 3. The first-order valence-corrected chi connectivity index (χ1v) is 6.72. The summed E-state index contributed by atoms with van der Waals surface area (Å²) in [5.74, 6) is -1.08. The van der Waals surface area contributed by atoms with Gasteiger partial charge in [-0.05, 0) is 12.1 Å². The highest BCUT2D eigenvalue weighted by molar-refractivity contribution is 6.21. The SMILES string of the molecule is O=C1c2ccccc2C(=O)N1CCO.Oc1cc(O)cc(O)c1. The summed E-state index contributed by atoms with van der Waals surface area (Å²) in [5.41, 5.74) is 0.844. The number of benzene rings is 2. The standard InChI is InChI=1S/C10H9NO3.C6H6O3/c12-6-5-11-9(13)7-3-1-2-4-8(7)10(11)14;7-4-1-5(8)3-6(9)2-4/h1-4,12H,5-6H2;1-3,7-9H. The maximum Gasteiger partial charge on any atom is 0.261 e. The third kappa shape index (κ3) is 3.58. The van der Waals surface area contributed by atoms with E-state index >= 15 is 0 Å².